The molecular weight excluding hydrogens is 578 g/mol. The van der Waals surface area contributed by atoms with Crippen molar-refractivity contribution >= 4 is 50.0 Å². The van der Waals surface area contributed by atoms with Crippen LogP contribution in [0.4, 0.5) is 5.69 Å². The monoisotopic (exact) mass is 609 g/mol. The van der Waals surface area contributed by atoms with Crippen LogP contribution in [-0.4, -0.2) is 37.5 Å². The van der Waals surface area contributed by atoms with E-state index in [1.165, 1.54) is 12.1 Å². The summed E-state index contributed by atoms with van der Waals surface area (Å²) in [6.07, 6.45) is -0.118. The molecule has 0 bridgehead atoms. The highest BCUT2D eigenvalue weighted by Gasteiger charge is 2.30. The van der Waals surface area contributed by atoms with Gasteiger partial charge in [0.1, 0.15) is 11.5 Å². The van der Waals surface area contributed by atoms with Crippen LogP contribution in [0.5, 0.6) is 11.5 Å². The highest BCUT2D eigenvalue weighted by Crippen LogP contribution is 2.35. The maximum absolute atomic E-state index is 13.6. The van der Waals surface area contributed by atoms with Crippen molar-refractivity contribution in [2.24, 2.45) is 0 Å². The molecule has 0 spiro atoms. The van der Waals surface area contributed by atoms with Gasteiger partial charge in [0, 0.05) is 34.2 Å². The zero-order chi connectivity index (χ0) is 30.3. The standard InChI is InChI=1S/C31H32ClN3O6S/c1-17-15-24-26(41-21(5)30(36)33-24)16-27(17)42(38,39)34-31(37)28-20(4)35(25-10-7-6-9-23(25)28)11-8-12-40-22-13-18(2)29(32)19(3)14-22/h6-7,9-10,13-16,21H,8,11-12H2,1-5H3,(H,33,36)(H,34,37)/t21-/m0/s1. The van der Waals surface area contributed by atoms with E-state index in [4.69, 9.17) is 21.1 Å². The third-order valence-electron chi connectivity index (χ3n) is 7.39. The minimum Gasteiger partial charge on any atom is -0.494 e. The maximum Gasteiger partial charge on any atom is 0.267 e. The summed E-state index contributed by atoms with van der Waals surface area (Å²) in [6.45, 7) is 9.84. The van der Waals surface area contributed by atoms with Gasteiger partial charge in [-0.05, 0) is 82.0 Å². The number of aromatic nitrogens is 1. The molecule has 3 aromatic carbocycles. The van der Waals surface area contributed by atoms with Gasteiger partial charge in [0.05, 0.1) is 22.8 Å². The molecule has 2 amide bonds. The number of carbonyl (C=O) groups is 2. The van der Waals surface area contributed by atoms with Crippen LogP contribution in [0.2, 0.25) is 5.02 Å². The second-order valence-corrected chi connectivity index (χ2v) is 12.5. The number of benzene rings is 3. The lowest BCUT2D eigenvalue weighted by Crippen LogP contribution is -2.35. The molecule has 0 radical (unpaired) electrons. The van der Waals surface area contributed by atoms with E-state index in [-0.39, 0.29) is 22.1 Å². The van der Waals surface area contributed by atoms with E-state index in [2.05, 4.69) is 10.0 Å². The van der Waals surface area contributed by atoms with Crippen LogP contribution in [0.1, 0.15) is 46.1 Å². The Balaban J connectivity index is 1.37. The molecule has 11 heteroatoms. The number of halogens is 1. The fourth-order valence-corrected chi connectivity index (χ4v) is 6.58. The Morgan fingerprint density at radius 2 is 1.76 bits per heavy atom. The number of aryl methyl sites for hydroxylation is 4. The summed E-state index contributed by atoms with van der Waals surface area (Å²) in [5.41, 5.74) is 4.38. The van der Waals surface area contributed by atoms with E-state index in [0.29, 0.717) is 41.9 Å². The van der Waals surface area contributed by atoms with Gasteiger partial charge in [0.25, 0.3) is 21.8 Å². The number of nitrogens with one attached hydrogen (secondary N) is 2. The molecule has 1 aliphatic heterocycles. The Morgan fingerprint density at radius 3 is 2.48 bits per heavy atom. The normalized spacial score (nSPS) is 14.7. The first kappa shape index (κ1) is 29.5. The average Bonchev–Trinajstić information content (AvgIpc) is 3.21. The van der Waals surface area contributed by atoms with Gasteiger partial charge in [-0.3, -0.25) is 9.59 Å². The van der Waals surface area contributed by atoms with Crippen LogP contribution < -0.4 is 19.5 Å². The van der Waals surface area contributed by atoms with Gasteiger partial charge < -0.3 is 19.4 Å². The minimum absolute atomic E-state index is 0.107. The summed E-state index contributed by atoms with van der Waals surface area (Å²) >= 11 is 6.26. The quantitative estimate of drug-likeness (QED) is 0.243. The third kappa shape index (κ3) is 5.56. The van der Waals surface area contributed by atoms with Gasteiger partial charge >= 0.3 is 0 Å². The van der Waals surface area contributed by atoms with E-state index >= 15 is 0 Å². The summed E-state index contributed by atoms with van der Waals surface area (Å²) in [7, 11) is -4.27. The number of anilines is 1. The number of rotatable bonds is 8. The molecule has 1 aromatic heterocycles. The lowest BCUT2D eigenvalue weighted by atomic mass is 10.1. The lowest BCUT2D eigenvalue weighted by Gasteiger charge is -2.24. The van der Waals surface area contributed by atoms with Crippen molar-refractivity contribution in [3.8, 4) is 11.5 Å². The maximum atomic E-state index is 13.6. The highest BCUT2D eigenvalue weighted by molar-refractivity contribution is 7.90. The van der Waals surface area contributed by atoms with E-state index in [1.807, 2.05) is 48.7 Å². The van der Waals surface area contributed by atoms with Gasteiger partial charge in [0.15, 0.2) is 6.10 Å². The van der Waals surface area contributed by atoms with Crippen molar-refractivity contribution in [2.75, 3.05) is 11.9 Å². The predicted molar refractivity (Wildman–Crippen MR) is 162 cm³/mol. The molecule has 2 heterocycles. The van der Waals surface area contributed by atoms with Crippen LogP contribution in [0.3, 0.4) is 0 Å². The van der Waals surface area contributed by atoms with E-state index in [9.17, 15) is 18.0 Å². The van der Waals surface area contributed by atoms with Crippen LogP contribution in [0, 0.1) is 27.7 Å². The number of carbonyl (C=O) groups excluding carboxylic acids is 2. The summed E-state index contributed by atoms with van der Waals surface area (Å²) in [5.74, 6) is -0.0853. The first-order chi connectivity index (χ1) is 19.9. The van der Waals surface area contributed by atoms with Crippen molar-refractivity contribution in [1.82, 2.24) is 9.29 Å². The van der Waals surface area contributed by atoms with Gasteiger partial charge in [-0.25, -0.2) is 13.1 Å². The van der Waals surface area contributed by atoms with E-state index in [0.717, 1.165) is 27.4 Å². The molecule has 0 aliphatic carbocycles. The smallest absolute Gasteiger partial charge is 0.267 e. The van der Waals surface area contributed by atoms with Gasteiger partial charge in [-0.2, -0.15) is 0 Å². The SMILES string of the molecule is Cc1cc2c(cc1S(=O)(=O)NC(=O)c1c(C)n(CCCOc3cc(C)c(Cl)c(C)c3)c3ccccc13)O[C@@H](C)C(=O)N2. The molecular formula is C31H32ClN3O6S. The molecule has 0 unspecified atom stereocenters. The topological polar surface area (TPSA) is 116 Å². The summed E-state index contributed by atoms with van der Waals surface area (Å²) in [5, 5.41) is 4.07. The van der Waals surface area contributed by atoms with E-state index in [1.54, 1.807) is 26.8 Å². The predicted octanol–water partition coefficient (Wildman–Crippen LogP) is 5.84. The van der Waals surface area contributed by atoms with Crippen molar-refractivity contribution in [2.45, 2.75) is 58.6 Å². The second kappa shape index (κ2) is 11.3. The number of hydrogen-bond acceptors (Lipinski definition) is 6. The molecule has 2 N–H and O–H groups in total. The molecule has 42 heavy (non-hydrogen) atoms. The molecule has 1 aliphatic rings. The van der Waals surface area contributed by atoms with Gasteiger partial charge in [-0.1, -0.05) is 29.8 Å². The Kier molecular flexibility index (Phi) is 7.96. The molecule has 0 fully saturated rings. The third-order valence-corrected chi connectivity index (χ3v) is 9.46. The van der Waals surface area contributed by atoms with Crippen molar-refractivity contribution in [3.05, 3.63) is 81.5 Å². The van der Waals surface area contributed by atoms with Crippen molar-refractivity contribution in [1.29, 1.82) is 0 Å². The summed E-state index contributed by atoms with van der Waals surface area (Å²) in [6, 6.07) is 14.1. The highest BCUT2D eigenvalue weighted by atomic mass is 35.5. The van der Waals surface area contributed by atoms with Crippen LogP contribution in [0.25, 0.3) is 10.9 Å². The van der Waals surface area contributed by atoms with Crippen molar-refractivity contribution in [3.63, 3.8) is 0 Å². The number of hydrogen-bond donors (Lipinski definition) is 2. The number of sulfonamides is 1. The van der Waals surface area contributed by atoms with Gasteiger partial charge in [0.2, 0.25) is 0 Å². The second-order valence-electron chi connectivity index (χ2n) is 10.5. The molecule has 5 rings (SSSR count). The average molecular weight is 610 g/mol. The Hall–Kier alpha value is -4.02. The Morgan fingerprint density at radius 1 is 1.07 bits per heavy atom. The minimum atomic E-state index is -4.27. The summed E-state index contributed by atoms with van der Waals surface area (Å²) < 4.78 is 42.7. The van der Waals surface area contributed by atoms with Crippen LogP contribution in [-0.2, 0) is 21.4 Å². The first-order valence-corrected chi connectivity index (χ1v) is 15.4. The number of para-hydroxylation sites is 1. The Bertz CT molecular complexity index is 1820. The first-order valence-electron chi connectivity index (χ1n) is 13.5. The fourth-order valence-electron chi connectivity index (χ4n) is 5.27. The number of ether oxygens (including phenoxy) is 2. The van der Waals surface area contributed by atoms with E-state index < -0.39 is 22.0 Å². The number of fused-ring (bicyclic) bond motifs is 2. The molecule has 0 saturated carbocycles. The molecule has 9 nitrogen and oxygen atoms in total. The molecule has 4 aromatic rings. The zero-order valence-electron chi connectivity index (χ0n) is 24.0. The fraction of sp³-hybridized carbons (Fsp3) is 0.290. The molecule has 1 atom stereocenters. The summed E-state index contributed by atoms with van der Waals surface area (Å²) in [4.78, 5) is 25.4. The number of amides is 2. The lowest BCUT2D eigenvalue weighted by molar-refractivity contribution is -0.122. The zero-order valence-corrected chi connectivity index (χ0v) is 25.6. The van der Waals surface area contributed by atoms with Crippen LogP contribution in [0.15, 0.2) is 53.4 Å². The Labute approximate surface area is 249 Å². The molecule has 0 saturated heterocycles. The largest absolute Gasteiger partial charge is 0.494 e. The van der Waals surface area contributed by atoms with Crippen molar-refractivity contribution < 1.29 is 27.5 Å². The van der Waals surface area contributed by atoms with Gasteiger partial charge in [-0.15, -0.1) is 0 Å². The van der Waals surface area contributed by atoms with Crippen LogP contribution >= 0.6 is 11.6 Å². The number of nitrogens with zero attached hydrogens (tertiary/aromatic N) is 1. The molecule has 220 valence electrons.